The Hall–Kier alpha value is -3.26. The van der Waals surface area contributed by atoms with Crippen LogP contribution in [-0.4, -0.2) is 19.2 Å². The van der Waals surface area contributed by atoms with Crippen LogP contribution in [0.3, 0.4) is 0 Å². The van der Waals surface area contributed by atoms with Crippen molar-refractivity contribution in [3.63, 3.8) is 0 Å². The molecule has 0 aliphatic heterocycles. The maximum Gasteiger partial charge on any atom is 0.339 e. The second-order valence-corrected chi connectivity index (χ2v) is 9.66. The minimum absolute atomic E-state index is 0.0698. The van der Waals surface area contributed by atoms with E-state index in [0.29, 0.717) is 12.0 Å². The van der Waals surface area contributed by atoms with Crippen LogP contribution in [0.25, 0.3) is 0 Å². The summed E-state index contributed by atoms with van der Waals surface area (Å²) in [6.45, 7) is 4.40. The molecule has 3 rings (SSSR count). The molecule has 0 N–H and O–H groups in total. The standard InChI is InChI=1S/C25H25F2NO4S/c1-18(2)14-25(29)28(16-19-6-8-21(26)9-7-19)17-20-4-3-5-23(15-20)32-33(30,31)24-12-10-22(27)11-13-24/h3-13,15,18H,14,16-17H2,1-2H3. The van der Waals surface area contributed by atoms with Crippen molar-refractivity contribution >= 4 is 16.0 Å². The predicted molar refractivity (Wildman–Crippen MR) is 121 cm³/mol. The average molecular weight is 474 g/mol. The molecule has 0 atom stereocenters. The SMILES string of the molecule is CC(C)CC(=O)N(Cc1ccc(F)cc1)Cc1cccc(OS(=O)(=O)c2ccc(F)cc2)c1. The number of benzene rings is 3. The summed E-state index contributed by atoms with van der Waals surface area (Å²) in [5.74, 6) is -0.743. The first-order valence-corrected chi connectivity index (χ1v) is 11.8. The van der Waals surface area contributed by atoms with Gasteiger partial charge in [0, 0.05) is 19.5 Å². The van der Waals surface area contributed by atoms with E-state index in [1.54, 1.807) is 35.2 Å². The minimum atomic E-state index is -4.14. The highest BCUT2D eigenvalue weighted by atomic mass is 32.2. The van der Waals surface area contributed by atoms with Crippen molar-refractivity contribution in [2.45, 2.75) is 38.3 Å². The van der Waals surface area contributed by atoms with Crippen LogP contribution in [0, 0.1) is 17.6 Å². The van der Waals surface area contributed by atoms with E-state index in [-0.39, 0.29) is 41.4 Å². The topological polar surface area (TPSA) is 63.7 Å². The first-order valence-electron chi connectivity index (χ1n) is 10.4. The van der Waals surface area contributed by atoms with Crippen LogP contribution in [0.4, 0.5) is 8.78 Å². The molecule has 5 nitrogen and oxygen atoms in total. The zero-order chi connectivity index (χ0) is 24.0. The Kier molecular flexibility index (Phi) is 7.81. The Morgan fingerprint density at radius 3 is 2.06 bits per heavy atom. The number of carbonyl (C=O) groups excluding carboxylic acids is 1. The van der Waals surface area contributed by atoms with Crippen molar-refractivity contribution in [3.05, 3.63) is 95.6 Å². The lowest BCUT2D eigenvalue weighted by molar-refractivity contribution is -0.133. The summed E-state index contributed by atoms with van der Waals surface area (Å²) in [5.41, 5.74) is 1.45. The highest BCUT2D eigenvalue weighted by molar-refractivity contribution is 7.87. The number of halogens is 2. The zero-order valence-electron chi connectivity index (χ0n) is 18.4. The molecule has 0 fully saturated rings. The van der Waals surface area contributed by atoms with E-state index in [1.165, 1.54) is 18.2 Å². The van der Waals surface area contributed by atoms with Crippen molar-refractivity contribution in [3.8, 4) is 5.75 Å². The summed E-state index contributed by atoms with van der Waals surface area (Å²) in [6, 6.07) is 16.7. The van der Waals surface area contributed by atoms with Crippen molar-refractivity contribution in [2.24, 2.45) is 5.92 Å². The van der Waals surface area contributed by atoms with Gasteiger partial charge in [0.15, 0.2) is 0 Å². The molecule has 33 heavy (non-hydrogen) atoms. The Bertz CT molecular complexity index is 1190. The third-order valence-corrected chi connectivity index (χ3v) is 6.06. The smallest absolute Gasteiger partial charge is 0.339 e. The van der Waals surface area contributed by atoms with E-state index < -0.39 is 15.9 Å². The zero-order valence-corrected chi connectivity index (χ0v) is 19.2. The van der Waals surface area contributed by atoms with Gasteiger partial charge >= 0.3 is 10.1 Å². The monoisotopic (exact) mass is 473 g/mol. The molecule has 0 aliphatic carbocycles. The van der Waals surface area contributed by atoms with Gasteiger partial charge in [-0.2, -0.15) is 8.42 Å². The number of amides is 1. The van der Waals surface area contributed by atoms with Gasteiger partial charge < -0.3 is 9.08 Å². The quantitative estimate of drug-likeness (QED) is 0.395. The summed E-state index contributed by atoms with van der Waals surface area (Å²) in [4.78, 5) is 14.3. The Morgan fingerprint density at radius 1 is 0.879 bits per heavy atom. The summed E-state index contributed by atoms with van der Waals surface area (Å²) >= 11 is 0. The van der Waals surface area contributed by atoms with Crippen LogP contribution in [0.15, 0.2) is 77.7 Å². The fourth-order valence-corrected chi connectivity index (χ4v) is 4.14. The molecule has 3 aromatic carbocycles. The van der Waals surface area contributed by atoms with Gasteiger partial charge in [0.05, 0.1) is 0 Å². The molecule has 0 unspecified atom stereocenters. The van der Waals surface area contributed by atoms with E-state index in [4.69, 9.17) is 4.18 Å². The van der Waals surface area contributed by atoms with Crippen LogP contribution >= 0.6 is 0 Å². The number of nitrogens with zero attached hydrogens (tertiary/aromatic N) is 1. The molecule has 174 valence electrons. The van der Waals surface area contributed by atoms with Crippen molar-refractivity contribution in [2.75, 3.05) is 0 Å². The molecular formula is C25H25F2NO4S. The Labute approximate surface area is 192 Å². The summed E-state index contributed by atoms with van der Waals surface area (Å²) in [7, 11) is -4.14. The third-order valence-electron chi connectivity index (χ3n) is 4.80. The fourth-order valence-electron chi connectivity index (χ4n) is 3.21. The summed E-state index contributed by atoms with van der Waals surface area (Å²) < 4.78 is 56.6. The largest absolute Gasteiger partial charge is 0.379 e. The average Bonchev–Trinajstić information content (AvgIpc) is 2.74. The molecule has 0 heterocycles. The normalized spacial score (nSPS) is 11.4. The molecule has 0 radical (unpaired) electrons. The van der Waals surface area contributed by atoms with Crippen LogP contribution in [-0.2, 0) is 28.0 Å². The van der Waals surface area contributed by atoms with E-state index >= 15 is 0 Å². The van der Waals surface area contributed by atoms with Gasteiger partial charge in [0.25, 0.3) is 0 Å². The number of rotatable bonds is 9. The van der Waals surface area contributed by atoms with Crippen molar-refractivity contribution in [1.82, 2.24) is 4.90 Å². The molecule has 0 saturated heterocycles. The third kappa shape index (κ3) is 7.12. The number of hydrogen-bond acceptors (Lipinski definition) is 4. The van der Waals surface area contributed by atoms with Crippen LogP contribution in [0.2, 0.25) is 0 Å². The molecule has 0 spiro atoms. The molecule has 0 aromatic heterocycles. The first kappa shape index (κ1) is 24.4. The number of carbonyl (C=O) groups is 1. The highest BCUT2D eigenvalue weighted by Crippen LogP contribution is 2.22. The fraction of sp³-hybridized carbons (Fsp3) is 0.240. The first-order chi connectivity index (χ1) is 15.6. The molecule has 0 aliphatic rings. The molecule has 1 amide bonds. The van der Waals surface area contributed by atoms with Crippen LogP contribution < -0.4 is 4.18 Å². The van der Waals surface area contributed by atoms with Gasteiger partial charge in [-0.3, -0.25) is 4.79 Å². The Morgan fingerprint density at radius 2 is 1.45 bits per heavy atom. The lowest BCUT2D eigenvalue weighted by Gasteiger charge is -2.24. The minimum Gasteiger partial charge on any atom is -0.379 e. The molecule has 0 saturated carbocycles. The van der Waals surface area contributed by atoms with Crippen molar-refractivity contribution < 1.29 is 26.2 Å². The molecule has 0 bridgehead atoms. The molecule has 3 aromatic rings. The second kappa shape index (κ2) is 10.6. The lowest BCUT2D eigenvalue weighted by atomic mass is 10.1. The predicted octanol–water partition coefficient (Wildman–Crippen LogP) is 5.31. The van der Waals surface area contributed by atoms with Gasteiger partial charge in [-0.05, 0) is 65.6 Å². The summed E-state index contributed by atoms with van der Waals surface area (Å²) in [5, 5.41) is 0. The summed E-state index contributed by atoms with van der Waals surface area (Å²) in [6.07, 6.45) is 0.344. The second-order valence-electron chi connectivity index (χ2n) is 8.11. The number of hydrogen-bond donors (Lipinski definition) is 0. The van der Waals surface area contributed by atoms with Gasteiger partial charge in [0.1, 0.15) is 22.3 Å². The van der Waals surface area contributed by atoms with Crippen LogP contribution in [0.5, 0.6) is 5.75 Å². The van der Waals surface area contributed by atoms with Gasteiger partial charge in [-0.1, -0.05) is 38.1 Å². The lowest BCUT2D eigenvalue weighted by Crippen LogP contribution is -2.31. The van der Waals surface area contributed by atoms with Gasteiger partial charge in [-0.15, -0.1) is 0 Å². The van der Waals surface area contributed by atoms with E-state index in [9.17, 15) is 22.0 Å². The highest BCUT2D eigenvalue weighted by Gasteiger charge is 2.19. The maximum absolute atomic E-state index is 13.3. The molecular weight excluding hydrogens is 448 g/mol. The van der Waals surface area contributed by atoms with E-state index in [0.717, 1.165) is 29.8 Å². The van der Waals surface area contributed by atoms with Crippen LogP contribution in [0.1, 0.15) is 31.4 Å². The molecule has 8 heteroatoms. The maximum atomic E-state index is 13.3. The van der Waals surface area contributed by atoms with E-state index in [2.05, 4.69) is 0 Å². The van der Waals surface area contributed by atoms with E-state index in [1.807, 2.05) is 13.8 Å². The van der Waals surface area contributed by atoms with Crippen molar-refractivity contribution in [1.29, 1.82) is 0 Å². The van der Waals surface area contributed by atoms with Gasteiger partial charge in [-0.25, -0.2) is 8.78 Å². The van der Waals surface area contributed by atoms with Gasteiger partial charge in [0.2, 0.25) is 5.91 Å². The Balaban J connectivity index is 1.80.